The molecule has 0 saturated carbocycles. The summed E-state index contributed by atoms with van der Waals surface area (Å²) in [6.45, 7) is 4.36. The monoisotopic (exact) mass is 339 g/mol. The minimum absolute atomic E-state index is 0.272. The van der Waals surface area contributed by atoms with Crippen LogP contribution in [0.1, 0.15) is 19.7 Å². The molecule has 6 heteroatoms. The lowest BCUT2D eigenvalue weighted by Gasteiger charge is -2.35. The van der Waals surface area contributed by atoms with E-state index in [0.717, 1.165) is 21.7 Å². The Hall–Kier alpha value is -1.24. The van der Waals surface area contributed by atoms with Gasteiger partial charge in [-0.1, -0.05) is 0 Å². The van der Waals surface area contributed by atoms with E-state index in [1.165, 1.54) is 12.1 Å². The summed E-state index contributed by atoms with van der Waals surface area (Å²) in [6, 6.07) is 6.23. The molecule has 1 atom stereocenters. The Labute approximate surface area is 124 Å². The predicted molar refractivity (Wildman–Crippen MR) is 77.5 cm³/mol. The zero-order chi connectivity index (χ0) is 14.5. The van der Waals surface area contributed by atoms with Crippen LogP contribution in [0, 0.1) is 5.82 Å². The third-order valence-electron chi connectivity index (χ3n) is 3.47. The molecule has 1 aromatic heterocycles. The van der Waals surface area contributed by atoms with Gasteiger partial charge in [0.15, 0.2) is 0 Å². The molecule has 0 amide bonds. The van der Waals surface area contributed by atoms with Crippen molar-refractivity contribution in [2.24, 2.45) is 0 Å². The van der Waals surface area contributed by atoms with Gasteiger partial charge in [0, 0.05) is 5.56 Å². The minimum atomic E-state index is -0.621. The van der Waals surface area contributed by atoms with Crippen LogP contribution in [-0.4, -0.2) is 20.9 Å². The SMILES string of the molecule is CC1(C)NC(O)Cn2c1nc(-c1ccc(F)cc1)c2Br. The molecule has 2 heterocycles. The first-order valence-electron chi connectivity index (χ1n) is 6.37. The van der Waals surface area contributed by atoms with Gasteiger partial charge in [-0.05, 0) is 54.0 Å². The summed E-state index contributed by atoms with van der Waals surface area (Å²) in [5.74, 6) is 0.570. The molecule has 0 bridgehead atoms. The van der Waals surface area contributed by atoms with Crippen LogP contribution in [0.15, 0.2) is 28.9 Å². The number of fused-ring (bicyclic) bond motifs is 1. The van der Waals surface area contributed by atoms with Gasteiger partial charge in [-0.2, -0.15) is 0 Å². The number of hydrogen-bond acceptors (Lipinski definition) is 3. The van der Waals surface area contributed by atoms with Crippen molar-refractivity contribution in [3.8, 4) is 11.3 Å². The van der Waals surface area contributed by atoms with E-state index in [9.17, 15) is 9.50 Å². The Balaban J connectivity index is 2.14. The Bertz CT molecular complexity index is 651. The van der Waals surface area contributed by atoms with E-state index in [4.69, 9.17) is 0 Å². The lowest BCUT2D eigenvalue weighted by molar-refractivity contribution is 0.0577. The van der Waals surface area contributed by atoms with Crippen LogP contribution in [0.25, 0.3) is 11.3 Å². The summed E-state index contributed by atoms with van der Waals surface area (Å²) in [5.41, 5.74) is 1.16. The standard InChI is InChI=1S/C14H15BrFN3O/c1-14(2)13-17-11(8-3-5-9(16)6-4-8)12(15)19(13)7-10(20)18-14/h3-6,10,18,20H,7H2,1-2H3. The Morgan fingerprint density at radius 2 is 2.05 bits per heavy atom. The molecule has 4 nitrogen and oxygen atoms in total. The number of halogens is 2. The molecule has 1 aliphatic heterocycles. The number of nitrogens with zero attached hydrogens (tertiary/aromatic N) is 2. The van der Waals surface area contributed by atoms with Crippen molar-refractivity contribution in [2.45, 2.75) is 32.2 Å². The highest BCUT2D eigenvalue weighted by molar-refractivity contribution is 9.10. The minimum Gasteiger partial charge on any atom is -0.377 e. The zero-order valence-corrected chi connectivity index (χ0v) is 12.8. The van der Waals surface area contributed by atoms with Crippen LogP contribution >= 0.6 is 15.9 Å². The molecule has 0 aliphatic carbocycles. The average molecular weight is 340 g/mol. The molecule has 1 aliphatic rings. The fourth-order valence-electron chi connectivity index (χ4n) is 2.57. The number of nitrogens with one attached hydrogen (secondary N) is 1. The molecule has 0 spiro atoms. The van der Waals surface area contributed by atoms with Crippen molar-refractivity contribution in [3.05, 3.63) is 40.5 Å². The lowest BCUT2D eigenvalue weighted by Crippen LogP contribution is -2.51. The molecule has 2 aromatic rings. The highest BCUT2D eigenvalue weighted by atomic mass is 79.9. The molecule has 106 valence electrons. The third kappa shape index (κ3) is 2.17. The van der Waals surface area contributed by atoms with Gasteiger partial charge in [-0.3, -0.25) is 5.32 Å². The summed E-state index contributed by atoms with van der Waals surface area (Å²) in [4.78, 5) is 4.66. The molecule has 0 fully saturated rings. The van der Waals surface area contributed by atoms with E-state index in [1.54, 1.807) is 12.1 Å². The molecular formula is C14H15BrFN3O. The van der Waals surface area contributed by atoms with Gasteiger partial charge in [0.05, 0.1) is 12.1 Å². The number of rotatable bonds is 1. The van der Waals surface area contributed by atoms with Gasteiger partial charge in [-0.15, -0.1) is 0 Å². The van der Waals surface area contributed by atoms with Crippen molar-refractivity contribution in [1.29, 1.82) is 0 Å². The van der Waals surface area contributed by atoms with Crippen LogP contribution in [0.2, 0.25) is 0 Å². The van der Waals surface area contributed by atoms with E-state index < -0.39 is 11.8 Å². The molecule has 2 N–H and O–H groups in total. The largest absolute Gasteiger partial charge is 0.377 e. The average Bonchev–Trinajstić information content (AvgIpc) is 2.68. The van der Waals surface area contributed by atoms with Crippen molar-refractivity contribution in [3.63, 3.8) is 0 Å². The summed E-state index contributed by atoms with van der Waals surface area (Å²) in [7, 11) is 0. The Kier molecular flexibility index (Phi) is 3.19. The van der Waals surface area contributed by atoms with Gasteiger partial charge in [0.1, 0.15) is 28.2 Å². The number of aliphatic hydroxyl groups is 1. The van der Waals surface area contributed by atoms with E-state index in [0.29, 0.717) is 6.54 Å². The highest BCUT2D eigenvalue weighted by Crippen LogP contribution is 2.35. The normalized spacial score (nSPS) is 20.8. The zero-order valence-electron chi connectivity index (χ0n) is 11.2. The molecule has 0 saturated heterocycles. The topological polar surface area (TPSA) is 50.1 Å². The molecule has 1 unspecified atom stereocenters. The quantitative estimate of drug-likeness (QED) is 0.839. The fraction of sp³-hybridized carbons (Fsp3) is 0.357. The first-order valence-corrected chi connectivity index (χ1v) is 7.16. The fourth-order valence-corrected chi connectivity index (χ4v) is 3.20. The van der Waals surface area contributed by atoms with Crippen molar-refractivity contribution in [2.75, 3.05) is 0 Å². The van der Waals surface area contributed by atoms with Crippen molar-refractivity contribution < 1.29 is 9.50 Å². The second-order valence-corrected chi connectivity index (χ2v) is 6.23. The predicted octanol–water partition coefficient (Wildman–Crippen LogP) is 2.61. The van der Waals surface area contributed by atoms with Gasteiger partial charge in [0.2, 0.25) is 0 Å². The first kappa shape index (κ1) is 13.7. The Morgan fingerprint density at radius 1 is 1.40 bits per heavy atom. The van der Waals surface area contributed by atoms with Crippen LogP contribution in [0.3, 0.4) is 0 Å². The van der Waals surface area contributed by atoms with Gasteiger partial charge in [-0.25, -0.2) is 9.37 Å². The van der Waals surface area contributed by atoms with Crippen LogP contribution in [0.5, 0.6) is 0 Å². The van der Waals surface area contributed by atoms with Crippen molar-refractivity contribution in [1.82, 2.24) is 14.9 Å². The summed E-state index contributed by atoms with van der Waals surface area (Å²) >= 11 is 3.54. The third-order valence-corrected chi connectivity index (χ3v) is 4.27. The maximum absolute atomic E-state index is 13.0. The number of aliphatic hydroxyl groups excluding tert-OH is 1. The number of hydrogen-bond donors (Lipinski definition) is 2. The first-order chi connectivity index (χ1) is 9.38. The van der Waals surface area contributed by atoms with Crippen molar-refractivity contribution >= 4 is 15.9 Å². The van der Waals surface area contributed by atoms with E-state index in [1.807, 2.05) is 18.4 Å². The van der Waals surface area contributed by atoms with Crippen LogP contribution in [-0.2, 0) is 12.1 Å². The van der Waals surface area contributed by atoms with E-state index >= 15 is 0 Å². The molecular weight excluding hydrogens is 325 g/mol. The van der Waals surface area contributed by atoms with Crippen LogP contribution in [0.4, 0.5) is 4.39 Å². The molecule has 1 aromatic carbocycles. The van der Waals surface area contributed by atoms with E-state index in [-0.39, 0.29) is 5.82 Å². The maximum Gasteiger partial charge on any atom is 0.130 e. The summed E-state index contributed by atoms with van der Waals surface area (Å²) in [5, 5.41) is 13.0. The van der Waals surface area contributed by atoms with Gasteiger partial charge in [0.25, 0.3) is 0 Å². The maximum atomic E-state index is 13.0. The number of imidazole rings is 1. The molecule has 20 heavy (non-hydrogen) atoms. The second kappa shape index (κ2) is 4.65. The number of aromatic nitrogens is 2. The van der Waals surface area contributed by atoms with Gasteiger partial charge < -0.3 is 9.67 Å². The second-order valence-electron chi connectivity index (χ2n) is 5.48. The number of benzene rings is 1. The lowest BCUT2D eigenvalue weighted by atomic mass is 10.0. The van der Waals surface area contributed by atoms with E-state index in [2.05, 4.69) is 26.2 Å². The molecule has 3 rings (SSSR count). The summed E-state index contributed by atoms with van der Waals surface area (Å²) in [6.07, 6.45) is -0.621. The van der Waals surface area contributed by atoms with Crippen LogP contribution < -0.4 is 5.32 Å². The van der Waals surface area contributed by atoms with Gasteiger partial charge >= 0.3 is 0 Å². The Morgan fingerprint density at radius 3 is 2.70 bits per heavy atom. The summed E-state index contributed by atoms with van der Waals surface area (Å²) < 4.78 is 15.8. The molecule has 0 radical (unpaired) electrons. The smallest absolute Gasteiger partial charge is 0.130 e. The highest BCUT2D eigenvalue weighted by Gasteiger charge is 2.35.